The van der Waals surface area contributed by atoms with Crippen molar-refractivity contribution < 1.29 is 22.0 Å². The van der Waals surface area contributed by atoms with E-state index >= 15 is 0 Å². The Labute approximate surface area is 113 Å². The van der Waals surface area contributed by atoms with Gasteiger partial charge in [-0.2, -0.15) is 0 Å². The molecule has 0 bridgehead atoms. The van der Waals surface area contributed by atoms with Gasteiger partial charge in [-0.05, 0) is 32.4 Å². The summed E-state index contributed by atoms with van der Waals surface area (Å²) in [5.41, 5.74) is -0.949. The van der Waals surface area contributed by atoms with Gasteiger partial charge >= 0.3 is 0 Å². The molecule has 1 aliphatic rings. The lowest BCUT2D eigenvalue weighted by molar-refractivity contribution is 0.217. The number of rotatable bonds is 3. The molecule has 1 aliphatic heterocycles. The number of nitrogens with zero attached hydrogens (tertiary/aromatic N) is 1. The summed E-state index contributed by atoms with van der Waals surface area (Å²) in [4.78, 5) is 2.06. The highest BCUT2D eigenvalue weighted by atomic mass is 19.2. The molecule has 1 aromatic rings. The summed E-state index contributed by atoms with van der Waals surface area (Å²) in [6.07, 6.45) is 1.80. The molecule has 1 heterocycles. The van der Waals surface area contributed by atoms with Crippen molar-refractivity contribution in [3.8, 4) is 0 Å². The number of hydrogen-bond donors (Lipinski definition) is 1. The Hall–Kier alpha value is -1.37. The first-order valence-corrected chi connectivity index (χ1v) is 6.35. The largest absolute Gasteiger partial charge is 0.380 e. The second-order valence-corrected chi connectivity index (χ2v) is 5.10. The third-order valence-corrected chi connectivity index (χ3v) is 3.50. The molecule has 1 fully saturated rings. The van der Waals surface area contributed by atoms with Gasteiger partial charge in [-0.3, -0.25) is 0 Å². The first-order valence-electron chi connectivity index (χ1n) is 6.35. The fourth-order valence-corrected chi connectivity index (χ4v) is 2.45. The van der Waals surface area contributed by atoms with Crippen LogP contribution in [0.15, 0.2) is 0 Å². The monoisotopic (exact) mass is 294 g/mol. The number of hydrogen-bond acceptors (Lipinski definition) is 2. The quantitative estimate of drug-likeness (QED) is 0.523. The van der Waals surface area contributed by atoms with Gasteiger partial charge in [-0.25, -0.2) is 22.0 Å². The van der Waals surface area contributed by atoms with Gasteiger partial charge < -0.3 is 10.2 Å². The summed E-state index contributed by atoms with van der Waals surface area (Å²) in [5, 5.41) is 2.36. The van der Waals surface area contributed by atoms with E-state index in [1.54, 1.807) is 0 Å². The van der Waals surface area contributed by atoms with E-state index < -0.39 is 34.8 Å². The van der Waals surface area contributed by atoms with Gasteiger partial charge in [0.05, 0.1) is 0 Å². The molecule has 1 saturated heterocycles. The van der Waals surface area contributed by atoms with Crippen molar-refractivity contribution >= 4 is 5.69 Å². The third kappa shape index (κ3) is 2.87. The Bertz CT molecular complexity index is 477. The molecule has 1 aromatic carbocycles. The normalized spacial score (nSPS) is 20.2. The Kier molecular flexibility index (Phi) is 4.47. The highest BCUT2D eigenvalue weighted by Gasteiger charge is 2.26. The average Bonchev–Trinajstić information content (AvgIpc) is 2.43. The molecule has 20 heavy (non-hydrogen) atoms. The minimum absolute atomic E-state index is 0.115. The molecule has 1 atom stereocenters. The minimum atomic E-state index is -2.14. The fourth-order valence-electron chi connectivity index (χ4n) is 2.45. The van der Waals surface area contributed by atoms with Crippen molar-refractivity contribution in [2.75, 3.05) is 32.0 Å². The zero-order chi connectivity index (χ0) is 14.9. The maximum atomic E-state index is 13.4. The summed E-state index contributed by atoms with van der Waals surface area (Å²) < 4.78 is 65.8. The Balaban J connectivity index is 2.13. The van der Waals surface area contributed by atoms with Crippen LogP contribution in [0.25, 0.3) is 0 Å². The molecule has 1 unspecified atom stereocenters. The molecule has 7 heteroatoms. The van der Waals surface area contributed by atoms with Crippen LogP contribution in [0.5, 0.6) is 0 Å². The predicted molar refractivity (Wildman–Crippen MR) is 64.9 cm³/mol. The van der Waals surface area contributed by atoms with Crippen LogP contribution in [0.3, 0.4) is 0 Å². The fraction of sp³-hybridized carbons (Fsp3) is 0.538. The van der Waals surface area contributed by atoms with Crippen LogP contribution >= 0.6 is 0 Å². The predicted octanol–water partition coefficient (Wildman–Crippen LogP) is 3.14. The minimum Gasteiger partial charge on any atom is -0.380 e. The van der Waals surface area contributed by atoms with Crippen LogP contribution in [0.1, 0.15) is 12.8 Å². The number of anilines is 1. The van der Waals surface area contributed by atoms with E-state index in [-0.39, 0.29) is 12.5 Å². The first-order chi connectivity index (χ1) is 9.41. The highest BCUT2D eigenvalue weighted by molar-refractivity contribution is 5.47. The van der Waals surface area contributed by atoms with E-state index in [0.717, 1.165) is 25.9 Å². The van der Waals surface area contributed by atoms with Gasteiger partial charge in [-0.1, -0.05) is 0 Å². The summed E-state index contributed by atoms with van der Waals surface area (Å²) in [5.74, 6) is -9.50. The van der Waals surface area contributed by atoms with Crippen LogP contribution in [0, 0.1) is 35.0 Å². The maximum absolute atomic E-state index is 13.4. The Morgan fingerprint density at radius 2 is 1.55 bits per heavy atom. The molecule has 0 spiro atoms. The van der Waals surface area contributed by atoms with Gasteiger partial charge in [0.25, 0.3) is 0 Å². The molecule has 0 saturated carbocycles. The SMILES string of the molecule is CN1CCCC(CNc2c(F)c(F)c(F)c(F)c2F)C1. The lowest BCUT2D eigenvalue weighted by atomic mass is 9.98. The van der Waals surface area contributed by atoms with Crippen molar-refractivity contribution in [1.29, 1.82) is 0 Å². The number of halogens is 5. The molecule has 0 amide bonds. The Morgan fingerprint density at radius 1 is 1.00 bits per heavy atom. The lowest BCUT2D eigenvalue weighted by Crippen LogP contribution is -2.35. The molecular weight excluding hydrogens is 279 g/mol. The van der Waals surface area contributed by atoms with E-state index in [0.29, 0.717) is 0 Å². The van der Waals surface area contributed by atoms with Crippen molar-refractivity contribution in [1.82, 2.24) is 4.90 Å². The van der Waals surface area contributed by atoms with Gasteiger partial charge in [0.1, 0.15) is 5.69 Å². The molecular formula is C13H15F5N2. The number of nitrogens with one attached hydrogen (secondary N) is 1. The third-order valence-electron chi connectivity index (χ3n) is 3.50. The van der Waals surface area contributed by atoms with Crippen molar-refractivity contribution in [3.05, 3.63) is 29.1 Å². The van der Waals surface area contributed by atoms with Crippen LogP contribution in [0.2, 0.25) is 0 Å². The van der Waals surface area contributed by atoms with Gasteiger partial charge in [0.15, 0.2) is 23.3 Å². The molecule has 0 radical (unpaired) electrons. The second-order valence-electron chi connectivity index (χ2n) is 5.10. The van der Waals surface area contributed by atoms with Crippen LogP contribution < -0.4 is 5.32 Å². The van der Waals surface area contributed by atoms with Crippen molar-refractivity contribution in [3.63, 3.8) is 0 Å². The smallest absolute Gasteiger partial charge is 0.200 e. The summed E-state index contributed by atoms with van der Waals surface area (Å²) in [7, 11) is 1.92. The van der Waals surface area contributed by atoms with E-state index in [1.165, 1.54) is 0 Å². The lowest BCUT2D eigenvalue weighted by Gasteiger charge is -2.30. The topological polar surface area (TPSA) is 15.3 Å². The number of benzene rings is 1. The van der Waals surface area contributed by atoms with E-state index in [1.807, 2.05) is 7.05 Å². The van der Waals surface area contributed by atoms with E-state index in [2.05, 4.69) is 10.2 Å². The zero-order valence-corrected chi connectivity index (χ0v) is 10.9. The molecule has 0 aliphatic carbocycles. The second kappa shape index (κ2) is 5.95. The standard InChI is InChI=1S/C13H15F5N2/c1-20-4-2-3-7(6-20)5-19-13-11(17)9(15)8(14)10(16)12(13)18/h7,19H,2-6H2,1H3. The summed E-state index contributed by atoms with van der Waals surface area (Å²) >= 11 is 0. The van der Waals surface area contributed by atoms with Crippen molar-refractivity contribution in [2.45, 2.75) is 12.8 Å². The maximum Gasteiger partial charge on any atom is 0.200 e. The van der Waals surface area contributed by atoms with Crippen LogP contribution in [-0.4, -0.2) is 31.6 Å². The molecule has 0 aromatic heterocycles. The molecule has 2 nitrogen and oxygen atoms in total. The molecule has 2 rings (SSSR count). The number of likely N-dealkylation sites (tertiary alicyclic amines) is 1. The number of piperidine rings is 1. The first kappa shape index (κ1) is 15.0. The van der Waals surface area contributed by atoms with Gasteiger partial charge in [-0.15, -0.1) is 0 Å². The van der Waals surface area contributed by atoms with Gasteiger partial charge in [0, 0.05) is 13.1 Å². The summed E-state index contributed by atoms with van der Waals surface area (Å²) in [6, 6.07) is 0. The summed E-state index contributed by atoms with van der Waals surface area (Å²) in [6.45, 7) is 1.84. The zero-order valence-electron chi connectivity index (χ0n) is 10.9. The average molecular weight is 294 g/mol. The highest BCUT2D eigenvalue weighted by Crippen LogP contribution is 2.27. The Morgan fingerprint density at radius 3 is 2.10 bits per heavy atom. The van der Waals surface area contributed by atoms with Crippen molar-refractivity contribution in [2.24, 2.45) is 5.92 Å². The van der Waals surface area contributed by atoms with E-state index in [4.69, 9.17) is 0 Å². The molecule has 1 N–H and O–H groups in total. The van der Waals surface area contributed by atoms with Gasteiger partial charge in [0.2, 0.25) is 5.82 Å². The molecule has 112 valence electrons. The van der Waals surface area contributed by atoms with Crippen LogP contribution in [-0.2, 0) is 0 Å². The van der Waals surface area contributed by atoms with E-state index in [9.17, 15) is 22.0 Å². The van der Waals surface area contributed by atoms with Crippen LogP contribution in [0.4, 0.5) is 27.6 Å².